The number of carboxylic acids is 1. The Kier molecular flexibility index (Phi) is 3.82. The van der Waals surface area contributed by atoms with Gasteiger partial charge in [-0.15, -0.1) is 0 Å². The molecule has 3 aliphatic heterocycles. The van der Waals surface area contributed by atoms with Gasteiger partial charge in [-0.3, -0.25) is 4.90 Å². The van der Waals surface area contributed by atoms with Gasteiger partial charge in [-0.1, -0.05) is 6.42 Å². The van der Waals surface area contributed by atoms with Crippen molar-refractivity contribution in [3.8, 4) is 0 Å². The minimum Gasteiger partial charge on any atom is -0.480 e. The Balaban J connectivity index is 1.65. The molecular weight excluding hydrogens is 270 g/mol. The predicted octanol–water partition coefficient (Wildman–Crippen LogP) is 1.26. The number of carbonyl (C=O) groups is 2. The normalized spacial score (nSPS) is 36.5. The Morgan fingerprint density at radius 3 is 2.71 bits per heavy atom. The number of rotatable bonds is 2. The predicted molar refractivity (Wildman–Crippen MR) is 78.1 cm³/mol. The molecule has 2 amide bonds. The maximum absolute atomic E-state index is 12.5. The average molecular weight is 295 g/mol. The van der Waals surface area contributed by atoms with Crippen molar-refractivity contribution in [3.63, 3.8) is 0 Å². The van der Waals surface area contributed by atoms with Gasteiger partial charge in [0.25, 0.3) is 0 Å². The van der Waals surface area contributed by atoms with Crippen LogP contribution < -0.4 is 5.32 Å². The topological polar surface area (TPSA) is 72.9 Å². The van der Waals surface area contributed by atoms with E-state index in [1.165, 1.54) is 17.7 Å². The number of hydrogen-bond donors (Lipinski definition) is 2. The molecule has 0 aliphatic carbocycles. The third kappa shape index (κ3) is 2.50. The Hall–Kier alpha value is -1.30. The van der Waals surface area contributed by atoms with E-state index in [1.807, 2.05) is 0 Å². The van der Waals surface area contributed by atoms with Crippen LogP contribution in [0.15, 0.2) is 0 Å². The van der Waals surface area contributed by atoms with Crippen LogP contribution >= 0.6 is 0 Å². The summed E-state index contributed by atoms with van der Waals surface area (Å²) in [7, 11) is 0. The van der Waals surface area contributed by atoms with Crippen molar-refractivity contribution >= 4 is 12.0 Å². The van der Waals surface area contributed by atoms with Crippen LogP contribution in [0.25, 0.3) is 0 Å². The molecule has 6 heteroatoms. The molecule has 3 unspecified atom stereocenters. The van der Waals surface area contributed by atoms with Crippen LogP contribution in [-0.2, 0) is 4.79 Å². The molecule has 2 N–H and O–H groups in total. The van der Waals surface area contributed by atoms with Gasteiger partial charge < -0.3 is 15.3 Å². The molecule has 3 fully saturated rings. The number of hydrogen-bond acceptors (Lipinski definition) is 3. The van der Waals surface area contributed by atoms with Crippen LogP contribution in [0.2, 0.25) is 0 Å². The third-order valence-corrected chi connectivity index (χ3v) is 5.51. The van der Waals surface area contributed by atoms with Crippen molar-refractivity contribution in [2.45, 2.75) is 63.1 Å². The van der Waals surface area contributed by atoms with E-state index in [2.05, 4.69) is 10.2 Å². The van der Waals surface area contributed by atoms with Crippen LogP contribution in [0.5, 0.6) is 0 Å². The van der Waals surface area contributed by atoms with Crippen LogP contribution in [0.4, 0.5) is 4.79 Å². The summed E-state index contributed by atoms with van der Waals surface area (Å²) in [5.74, 6) is -0.902. The molecule has 0 radical (unpaired) electrons. The smallest absolute Gasteiger partial charge is 0.329 e. The van der Waals surface area contributed by atoms with Crippen molar-refractivity contribution in [1.82, 2.24) is 15.1 Å². The van der Waals surface area contributed by atoms with Crippen molar-refractivity contribution in [1.29, 1.82) is 0 Å². The van der Waals surface area contributed by atoms with E-state index in [4.69, 9.17) is 0 Å². The first kappa shape index (κ1) is 14.6. The average Bonchev–Trinajstić information content (AvgIpc) is 3.04. The summed E-state index contributed by atoms with van der Waals surface area (Å²) in [6.45, 7) is 4.37. The monoisotopic (exact) mass is 295 g/mol. The van der Waals surface area contributed by atoms with Gasteiger partial charge in [0.05, 0.1) is 0 Å². The Labute approximate surface area is 125 Å². The highest BCUT2D eigenvalue weighted by Gasteiger charge is 2.47. The highest BCUT2D eigenvalue weighted by atomic mass is 16.4. The molecule has 0 saturated carbocycles. The molecule has 0 spiro atoms. The largest absolute Gasteiger partial charge is 0.480 e. The first-order chi connectivity index (χ1) is 10.0. The Bertz CT molecular complexity index is 442. The number of fused-ring (bicyclic) bond motifs is 1. The number of nitrogens with zero attached hydrogens (tertiary/aromatic N) is 2. The molecule has 0 aromatic heterocycles. The van der Waals surface area contributed by atoms with Gasteiger partial charge in [-0.05, 0) is 45.6 Å². The number of piperidine rings is 1. The minimum atomic E-state index is -1.05. The number of aliphatic carboxylic acids is 1. The summed E-state index contributed by atoms with van der Waals surface area (Å²) in [6, 6.07) is 0.424. The molecule has 0 bridgehead atoms. The molecule has 3 heterocycles. The lowest BCUT2D eigenvalue weighted by Crippen LogP contribution is -2.57. The van der Waals surface area contributed by atoms with Crippen molar-refractivity contribution in [2.24, 2.45) is 0 Å². The number of nitrogens with one attached hydrogen (secondary N) is 1. The minimum absolute atomic E-state index is 0.177. The lowest BCUT2D eigenvalue weighted by atomic mass is 9.98. The van der Waals surface area contributed by atoms with Gasteiger partial charge in [0.15, 0.2) is 0 Å². The van der Waals surface area contributed by atoms with Crippen LogP contribution in [0.1, 0.15) is 45.4 Å². The first-order valence-corrected chi connectivity index (χ1v) is 8.08. The quantitative estimate of drug-likeness (QED) is 0.804. The number of urea groups is 1. The van der Waals surface area contributed by atoms with Crippen LogP contribution in [0.3, 0.4) is 0 Å². The lowest BCUT2D eigenvalue weighted by molar-refractivity contribution is -0.147. The molecule has 3 aliphatic rings. The number of carbonyl (C=O) groups excluding carboxylic acids is 1. The number of amides is 2. The third-order valence-electron chi connectivity index (χ3n) is 5.51. The molecule has 3 saturated heterocycles. The van der Waals surface area contributed by atoms with E-state index >= 15 is 0 Å². The number of likely N-dealkylation sites (tertiary alicyclic amines) is 1. The van der Waals surface area contributed by atoms with Gasteiger partial charge >= 0.3 is 12.0 Å². The zero-order valence-electron chi connectivity index (χ0n) is 12.7. The lowest BCUT2D eigenvalue weighted by Gasteiger charge is -2.35. The van der Waals surface area contributed by atoms with E-state index in [0.717, 1.165) is 32.4 Å². The summed E-state index contributed by atoms with van der Waals surface area (Å²) in [5, 5.41) is 12.5. The Morgan fingerprint density at radius 1 is 1.14 bits per heavy atom. The molecule has 21 heavy (non-hydrogen) atoms. The molecule has 0 aromatic rings. The van der Waals surface area contributed by atoms with Gasteiger partial charge in [-0.25, -0.2) is 9.59 Å². The zero-order valence-corrected chi connectivity index (χ0v) is 12.7. The second-order valence-electron chi connectivity index (χ2n) is 6.78. The maximum Gasteiger partial charge on any atom is 0.329 e. The van der Waals surface area contributed by atoms with E-state index in [-0.39, 0.29) is 12.1 Å². The molecule has 118 valence electrons. The maximum atomic E-state index is 12.5. The second-order valence-corrected chi connectivity index (χ2v) is 6.78. The summed E-state index contributed by atoms with van der Waals surface area (Å²) >= 11 is 0. The van der Waals surface area contributed by atoms with Crippen LogP contribution in [0, 0.1) is 0 Å². The summed E-state index contributed by atoms with van der Waals surface area (Å²) in [4.78, 5) is 28.0. The first-order valence-electron chi connectivity index (χ1n) is 8.08. The fourth-order valence-corrected chi connectivity index (χ4v) is 4.16. The molecule has 3 rings (SSSR count). The second kappa shape index (κ2) is 5.48. The number of carboxylic acid groups (broad SMARTS) is 1. The van der Waals surface area contributed by atoms with Crippen molar-refractivity contribution < 1.29 is 14.7 Å². The van der Waals surface area contributed by atoms with Crippen molar-refractivity contribution in [2.75, 3.05) is 19.6 Å². The van der Waals surface area contributed by atoms with Crippen molar-refractivity contribution in [3.05, 3.63) is 0 Å². The SMILES string of the molecule is CC1(C(=O)O)CCCN1C(=O)NC1CCN2CCCCC12. The van der Waals surface area contributed by atoms with E-state index in [9.17, 15) is 14.7 Å². The molecule has 3 atom stereocenters. The summed E-state index contributed by atoms with van der Waals surface area (Å²) < 4.78 is 0. The molecular formula is C15H25N3O3. The van der Waals surface area contributed by atoms with E-state index in [0.29, 0.717) is 19.0 Å². The molecule has 6 nitrogen and oxygen atoms in total. The fourth-order valence-electron chi connectivity index (χ4n) is 4.16. The Morgan fingerprint density at radius 2 is 1.95 bits per heavy atom. The highest BCUT2D eigenvalue weighted by molar-refractivity contribution is 5.86. The van der Waals surface area contributed by atoms with Gasteiger partial charge in [-0.2, -0.15) is 0 Å². The van der Waals surface area contributed by atoms with E-state index < -0.39 is 11.5 Å². The fraction of sp³-hybridized carbons (Fsp3) is 0.867. The summed E-state index contributed by atoms with van der Waals surface area (Å²) in [6.07, 6.45) is 5.89. The van der Waals surface area contributed by atoms with Gasteiger partial charge in [0.2, 0.25) is 0 Å². The highest BCUT2D eigenvalue weighted by Crippen LogP contribution is 2.31. The van der Waals surface area contributed by atoms with Gasteiger partial charge in [0, 0.05) is 25.2 Å². The molecule has 0 aromatic carbocycles. The zero-order chi connectivity index (χ0) is 15.0. The standard InChI is InChI=1S/C15H25N3O3/c1-15(13(19)20)7-4-9-18(15)14(21)16-11-6-10-17-8-3-2-5-12(11)17/h11-12H,2-10H2,1H3,(H,16,21)(H,19,20). The van der Waals surface area contributed by atoms with E-state index in [1.54, 1.807) is 6.92 Å². The van der Waals surface area contributed by atoms with Crippen LogP contribution in [-0.4, -0.2) is 64.2 Å². The summed E-state index contributed by atoms with van der Waals surface area (Å²) in [5.41, 5.74) is -1.05. The van der Waals surface area contributed by atoms with Gasteiger partial charge in [0.1, 0.15) is 5.54 Å².